The maximum absolute atomic E-state index is 12.0. The summed E-state index contributed by atoms with van der Waals surface area (Å²) in [5, 5.41) is 0. The number of aromatic amines is 1. The minimum absolute atomic E-state index is 0.109. The van der Waals surface area contributed by atoms with Crippen LogP contribution in [-0.4, -0.2) is 23.3 Å². The van der Waals surface area contributed by atoms with Crippen LogP contribution in [-0.2, 0) is 9.31 Å². The van der Waals surface area contributed by atoms with Crippen LogP contribution in [0.5, 0.6) is 0 Å². The second kappa shape index (κ2) is 4.11. The van der Waals surface area contributed by atoms with Crippen LogP contribution in [0.25, 0.3) is 6.08 Å². The van der Waals surface area contributed by atoms with Gasteiger partial charge in [0.15, 0.2) is 5.43 Å². The molecule has 1 fully saturated rings. The predicted molar refractivity (Wildman–Crippen MR) is 72.9 cm³/mol. The highest BCUT2D eigenvalue weighted by molar-refractivity contribution is 6.61. The Bertz CT molecular complexity index is 517. The molecule has 0 amide bonds. The Hall–Kier alpha value is -1.33. The summed E-state index contributed by atoms with van der Waals surface area (Å²) in [6.45, 7) is 11.4. The van der Waals surface area contributed by atoms with E-state index in [1.54, 1.807) is 12.3 Å². The van der Waals surface area contributed by atoms with E-state index >= 15 is 0 Å². The van der Waals surface area contributed by atoms with Gasteiger partial charge in [0, 0.05) is 23.4 Å². The quantitative estimate of drug-likeness (QED) is 0.802. The molecule has 2 heterocycles. The molecule has 1 N–H and O–H groups in total. The summed E-state index contributed by atoms with van der Waals surface area (Å²) in [6.07, 6.45) is 3.22. The molecule has 2 rings (SSSR count). The third-order valence-corrected chi connectivity index (χ3v) is 3.69. The lowest BCUT2D eigenvalue weighted by Gasteiger charge is -2.32. The van der Waals surface area contributed by atoms with Crippen molar-refractivity contribution in [1.29, 1.82) is 0 Å². The van der Waals surface area contributed by atoms with Crippen molar-refractivity contribution in [2.45, 2.75) is 38.9 Å². The summed E-state index contributed by atoms with van der Waals surface area (Å²) in [5.41, 5.74) is 0.171. The van der Waals surface area contributed by atoms with Crippen LogP contribution in [0.4, 0.5) is 0 Å². The van der Waals surface area contributed by atoms with Crippen LogP contribution in [0.1, 0.15) is 33.4 Å². The number of pyridine rings is 1. The number of nitrogens with one attached hydrogen (secondary N) is 1. The van der Waals surface area contributed by atoms with Gasteiger partial charge in [0.05, 0.1) is 11.2 Å². The smallest absolute Gasteiger partial charge is 0.399 e. The number of rotatable bonds is 2. The summed E-state index contributed by atoms with van der Waals surface area (Å²) in [5.74, 6) is 0. The lowest BCUT2D eigenvalue weighted by atomic mass is 9.80. The molecule has 0 bridgehead atoms. The fourth-order valence-electron chi connectivity index (χ4n) is 1.77. The molecule has 1 aromatic rings. The van der Waals surface area contributed by atoms with Crippen molar-refractivity contribution in [3.05, 3.63) is 34.8 Å². The van der Waals surface area contributed by atoms with Crippen molar-refractivity contribution in [2.75, 3.05) is 0 Å². The molecular weight excluding hydrogens is 229 g/mol. The standard InChI is InChI=1S/C13H18BNO3/c1-6-9-7-11(16)10(8-15-9)14-17-12(2,3)13(4,5)18-14/h6-8H,1H2,2-5H3,(H,15,16). The van der Waals surface area contributed by atoms with Gasteiger partial charge >= 0.3 is 7.12 Å². The highest BCUT2D eigenvalue weighted by Gasteiger charge is 2.52. The van der Waals surface area contributed by atoms with Crippen molar-refractivity contribution in [1.82, 2.24) is 4.98 Å². The number of hydrogen-bond donors (Lipinski definition) is 1. The Balaban J connectivity index is 2.36. The first-order valence-electron chi connectivity index (χ1n) is 5.97. The average Bonchev–Trinajstić information content (AvgIpc) is 2.47. The van der Waals surface area contributed by atoms with Crippen LogP contribution in [0.3, 0.4) is 0 Å². The van der Waals surface area contributed by atoms with E-state index in [-0.39, 0.29) is 5.43 Å². The first-order chi connectivity index (χ1) is 8.27. The van der Waals surface area contributed by atoms with Gasteiger partial charge in [0.1, 0.15) is 0 Å². The van der Waals surface area contributed by atoms with E-state index in [1.807, 2.05) is 27.7 Å². The van der Waals surface area contributed by atoms with E-state index < -0.39 is 18.3 Å². The molecule has 0 radical (unpaired) electrons. The van der Waals surface area contributed by atoms with Crippen LogP contribution in [0, 0.1) is 0 Å². The maximum Gasteiger partial charge on any atom is 0.500 e. The molecule has 96 valence electrons. The predicted octanol–water partition coefficient (Wildman–Crippen LogP) is 1.32. The summed E-state index contributed by atoms with van der Waals surface area (Å²) in [6, 6.07) is 1.49. The Labute approximate surface area is 107 Å². The Morgan fingerprint density at radius 1 is 1.28 bits per heavy atom. The van der Waals surface area contributed by atoms with Gasteiger partial charge in [-0.05, 0) is 33.8 Å². The van der Waals surface area contributed by atoms with Gasteiger partial charge in [-0.25, -0.2) is 0 Å². The molecule has 0 saturated carbocycles. The summed E-state index contributed by atoms with van der Waals surface area (Å²) in [4.78, 5) is 15.0. The van der Waals surface area contributed by atoms with Crippen LogP contribution >= 0.6 is 0 Å². The van der Waals surface area contributed by atoms with Gasteiger partial charge in [-0.3, -0.25) is 4.79 Å². The van der Waals surface area contributed by atoms with Gasteiger partial charge in [-0.15, -0.1) is 0 Å². The summed E-state index contributed by atoms with van der Waals surface area (Å²) in [7, 11) is -0.627. The zero-order valence-corrected chi connectivity index (χ0v) is 11.2. The number of hydrogen-bond acceptors (Lipinski definition) is 3. The zero-order chi connectivity index (χ0) is 13.6. The van der Waals surface area contributed by atoms with Crippen molar-refractivity contribution in [2.24, 2.45) is 0 Å². The van der Waals surface area contributed by atoms with E-state index in [0.717, 1.165) is 0 Å². The Morgan fingerprint density at radius 3 is 2.28 bits per heavy atom. The van der Waals surface area contributed by atoms with E-state index in [1.165, 1.54) is 6.07 Å². The van der Waals surface area contributed by atoms with Gasteiger partial charge in [-0.1, -0.05) is 6.58 Å². The van der Waals surface area contributed by atoms with Crippen LogP contribution in [0.2, 0.25) is 0 Å². The molecule has 0 unspecified atom stereocenters. The SMILES string of the molecule is C=Cc1cc(=O)c(B2OC(C)(C)C(C)(C)O2)c[nH]1. The summed E-state index contributed by atoms with van der Waals surface area (Å²) >= 11 is 0. The molecule has 18 heavy (non-hydrogen) atoms. The van der Waals surface area contributed by atoms with E-state index in [0.29, 0.717) is 11.2 Å². The number of H-pyrrole nitrogens is 1. The number of aromatic nitrogens is 1. The highest BCUT2D eigenvalue weighted by Crippen LogP contribution is 2.36. The topological polar surface area (TPSA) is 51.3 Å². The summed E-state index contributed by atoms with van der Waals surface area (Å²) < 4.78 is 11.7. The van der Waals surface area contributed by atoms with Gasteiger partial charge in [0.2, 0.25) is 0 Å². The molecule has 5 heteroatoms. The first kappa shape index (κ1) is 13.1. The normalized spacial score (nSPS) is 21.0. The van der Waals surface area contributed by atoms with E-state index in [4.69, 9.17) is 9.31 Å². The second-order valence-electron chi connectivity index (χ2n) is 5.50. The molecule has 0 spiro atoms. The molecule has 0 aliphatic carbocycles. The van der Waals surface area contributed by atoms with Crippen molar-refractivity contribution in [3.8, 4) is 0 Å². The molecule has 0 aromatic carbocycles. The Kier molecular flexibility index (Phi) is 2.99. The van der Waals surface area contributed by atoms with E-state index in [9.17, 15) is 4.79 Å². The fourth-order valence-corrected chi connectivity index (χ4v) is 1.77. The molecule has 1 saturated heterocycles. The maximum atomic E-state index is 12.0. The molecule has 1 aliphatic rings. The van der Waals surface area contributed by atoms with Gasteiger partial charge in [-0.2, -0.15) is 0 Å². The van der Waals surface area contributed by atoms with Gasteiger partial charge < -0.3 is 14.3 Å². The largest absolute Gasteiger partial charge is 0.500 e. The van der Waals surface area contributed by atoms with Crippen LogP contribution in [0.15, 0.2) is 23.6 Å². The Morgan fingerprint density at radius 2 is 1.83 bits per heavy atom. The molecular formula is C13H18BNO3. The lowest BCUT2D eigenvalue weighted by molar-refractivity contribution is 0.00578. The second-order valence-corrected chi connectivity index (χ2v) is 5.50. The van der Waals surface area contributed by atoms with Crippen molar-refractivity contribution >= 4 is 18.7 Å². The third-order valence-electron chi connectivity index (χ3n) is 3.69. The monoisotopic (exact) mass is 247 g/mol. The molecule has 1 aliphatic heterocycles. The van der Waals surface area contributed by atoms with Gasteiger partial charge in [0.25, 0.3) is 0 Å². The molecule has 0 atom stereocenters. The highest BCUT2D eigenvalue weighted by atomic mass is 16.7. The minimum atomic E-state index is -0.627. The fraction of sp³-hybridized carbons (Fsp3) is 0.462. The lowest BCUT2D eigenvalue weighted by Crippen LogP contribution is -2.43. The zero-order valence-electron chi connectivity index (χ0n) is 11.2. The first-order valence-corrected chi connectivity index (χ1v) is 5.97. The average molecular weight is 247 g/mol. The van der Waals surface area contributed by atoms with Crippen molar-refractivity contribution < 1.29 is 9.31 Å². The minimum Gasteiger partial charge on any atom is -0.399 e. The molecule has 4 nitrogen and oxygen atoms in total. The van der Waals surface area contributed by atoms with Crippen molar-refractivity contribution in [3.63, 3.8) is 0 Å². The van der Waals surface area contributed by atoms with Crippen LogP contribution < -0.4 is 10.9 Å². The van der Waals surface area contributed by atoms with E-state index in [2.05, 4.69) is 11.6 Å². The third kappa shape index (κ3) is 2.04. The molecule has 1 aromatic heterocycles.